The number of hydrogen-bond acceptors (Lipinski definition) is 3. The summed E-state index contributed by atoms with van der Waals surface area (Å²) in [6.07, 6.45) is 6.09. The Balaban J connectivity index is 1.51. The number of nitrogens with zero attached hydrogens (tertiary/aromatic N) is 1. The number of aryl methyl sites for hydroxylation is 2. The van der Waals surface area contributed by atoms with Crippen LogP contribution in [0.15, 0.2) is 30.4 Å². The molecule has 4 nitrogen and oxygen atoms in total. The molecular weight excluding hydrogens is 290 g/mol. The molecule has 122 valence electrons. The van der Waals surface area contributed by atoms with E-state index in [0.717, 1.165) is 5.75 Å². The van der Waals surface area contributed by atoms with E-state index >= 15 is 0 Å². The number of fused-ring (bicyclic) bond motifs is 1. The van der Waals surface area contributed by atoms with Crippen LogP contribution < -0.4 is 4.74 Å². The predicted molar refractivity (Wildman–Crippen MR) is 88.1 cm³/mol. The van der Waals surface area contributed by atoms with Crippen molar-refractivity contribution >= 4 is 11.8 Å². The molecule has 1 fully saturated rings. The van der Waals surface area contributed by atoms with E-state index in [2.05, 4.69) is 6.07 Å². The molecule has 0 N–H and O–H groups in total. The molecule has 2 atom stereocenters. The van der Waals surface area contributed by atoms with Gasteiger partial charge < -0.3 is 4.74 Å². The van der Waals surface area contributed by atoms with Crippen molar-refractivity contribution in [2.75, 3.05) is 13.2 Å². The molecule has 3 rings (SSSR count). The second-order valence-corrected chi connectivity index (χ2v) is 6.51. The molecule has 4 heteroatoms. The summed E-state index contributed by atoms with van der Waals surface area (Å²) in [5.74, 6) is 0.576. The lowest BCUT2D eigenvalue weighted by Crippen LogP contribution is -2.32. The Kier molecular flexibility index (Phi) is 4.51. The summed E-state index contributed by atoms with van der Waals surface area (Å²) in [5.41, 5.74) is 2.34. The van der Waals surface area contributed by atoms with E-state index in [4.69, 9.17) is 4.74 Å². The molecule has 1 aliphatic heterocycles. The molecule has 1 saturated heterocycles. The molecule has 1 aliphatic carbocycles. The van der Waals surface area contributed by atoms with E-state index in [0.29, 0.717) is 32.4 Å². The van der Waals surface area contributed by atoms with Gasteiger partial charge in [0.1, 0.15) is 5.75 Å². The van der Waals surface area contributed by atoms with Crippen LogP contribution in [-0.2, 0) is 9.59 Å². The normalized spacial score (nSPS) is 23.3. The summed E-state index contributed by atoms with van der Waals surface area (Å²) < 4.78 is 5.76. The number of likely N-dealkylation sites (tertiary alicyclic amines) is 1. The second-order valence-electron chi connectivity index (χ2n) is 6.51. The predicted octanol–water partition coefficient (Wildman–Crippen LogP) is 3.02. The van der Waals surface area contributed by atoms with Crippen molar-refractivity contribution in [3.05, 3.63) is 41.5 Å². The first-order valence-corrected chi connectivity index (χ1v) is 8.27. The highest BCUT2D eigenvalue weighted by Gasteiger charge is 2.46. The fourth-order valence-corrected chi connectivity index (χ4v) is 3.52. The molecule has 0 bridgehead atoms. The first-order chi connectivity index (χ1) is 11.1. The summed E-state index contributed by atoms with van der Waals surface area (Å²) in [4.78, 5) is 26.1. The molecule has 0 spiro atoms. The lowest BCUT2D eigenvalue weighted by molar-refractivity contribution is -0.140. The van der Waals surface area contributed by atoms with Crippen LogP contribution >= 0.6 is 0 Å². The average molecular weight is 313 g/mol. The molecule has 23 heavy (non-hydrogen) atoms. The number of hydrogen-bond donors (Lipinski definition) is 0. The number of rotatable bonds is 5. The van der Waals surface area contributed by atoms with Crippen molar-refractivity contribution in [2.45, 2.75) is 33.1 Å². The summed E-state index contributed by atoms with van der Waals surface area (Å²) >= 11 is 0. The zero-order chi connectivity index (χ0) is 16.4. The van der Waals surface area contributed by atoms with Crippen molar-refractivity contribution < 1.29 is 14.3 Å². The van der Waals surface area contributed by atoms with E-state index < -0.39 is 0 Å². The van der Waals surface area contributed by atoms with Crippen LogP contribution in [0, 0.1) is 25.7 Å². The number of ether oxygens (including phenoxy) is 1. The van der Waals surface area contributed by atoms with Crippen molar-refractivity contribution in [3.8, 4) is 5.75 Å². The number of amides is 2. The van der Waals surface area contributed by atoms with Crippen LogP contribution in [0.5, 0.6) is 5.75 Å². The van der Waals surface area contributed by atoms with E-state index in [9.17, 15) is 9.59 Å². The van der Waals surface area contributed by atoms with Crippen molar-refractivity contribution in [1.29, 1.82) is 0 Å². The quantitative estimate of drug-likeness (QED) is 0.477. The smallest absolute Gasteiger partial charge is 0.233 e. The van der Waals surface area contributed by atoms with E-state index in [1.54, 1.807) is 0 Å². The minimum Gasteiger partial charge on any atom is -0.494 e. The summed E-state index contributed by atoms with van der Waals surface area (Å²) in [7, 11) is 0. The van der Waals surface area contributed by atoms with E-state index in [-0.39, 0.29) is 23.7 Å². The van der Waals surface area contributed by atoms with E-state index in [1.165, 1.54) is 16.0 Å². The number of benzene rings is 1. The maximum absolute atomic E-state index is 12.3. The van der Waals surface area contributed by atoms with Gasteiger partial charge in [0.05, 0.1) is 18.4 Å². The molecule has 2 unspecified atom stereocenters. The Bertz CT molecular complexity index is 604. The van der Waals surface area contributed by atoms with Crippen LogP contribution in [0.1, 0.15) is 30.4 Å². The first kappa shape index (κ1) is 15.8. The fourth-order valence-electron chi connectivity index (χ4n) is 3.52. The van der Waals surface area contributed by atoms with Gasteiger partial charge >= 0.3 is 0 Å². The molecule has 0 aromatic heterocycles. The van der Waals surface area contributed by atoms with E-state index in [1.807, 2.05) is 38.1 Å². The molecule has 2 aliphatic rings. The molecule has 1 aromatic rings. The maximum Gasteiger partial charge on any atom is 0.233 e. The van der Waals surface area contributed by atoms with Gasteiger partial charge in [0.15, 0.2) is 0 Å². The third kappa shape index (κ3) is 3.31. The van der Waals surface area contributed by atoms with Crippen molar-refractivity contribution in [3.63, 3.8) is 0 Å². The fraction of sp³-hybridized carbons (Fsp3) is 0.474. The highest BCUT2D eigenvalue weighted by atomic mass is 16.5. The topological polar surface area (TPSA) is 46.6 Å². The van der Waals surface area contributed by atoms with Gasteiger partial charge in [-0.2, -0.15) is 0 Å². The zero-order valence-corrected chi connectivity index (χ0v) is 13.7. The third-order valence-corrected chi connectivity index (χ3v) is 4.59. The SMILES string of the molecule is Cc1cc(C)cc(OCCCN2C(=O)C3CC=CCC3C2=O)c1. The van der Waals surface area contributed by atoms with Crippen LogP contribution in [-0.4, -0.2) is 29.9 Å². The van der Waals surface area contributed by atoms with Gasteiger partial charge in [-0.25, -0.2) is 0 Å². The zero-order valence-electron chi connectivity index (χ0n) is 13.7. The van der Waals surface area contributed by atoms with Gasteiger partial charge in [0.25, 0.3) is 0 Å². The molecule has 0 saturated carbocycles. The third-order valence-electron chi connectivity index (χ3n) is 4.59. The Hall–Kier alpha value is -2.10. The highest BCUT2D eigenvalue weighted by molar-refractivity contribution is 6.05. The van der Waals surface area contributed by atoms with Gasteiger partial charge in [-0.05, 0) is 56.4 Å². The van der Waals surface area contributed by atoms with Gasteiger partial charge in [-0.3, -0.25) is 14.5 Å². The molecule has 1 heterocycles. The van der Waals surface area contributed by atoms with Crippen LogP contribution in [0.2, 0.25) is 0 Å². The number of allylic oxidation sites excluding steroid dienone is 2. The number of imide groups is 1. The minimum absolute atomic E-state index is 0.00394. The van der Waals surface area contributed by atoms with Crippen LogP contribution in [0.25, 0.3) is 0 Å². The monoisotopic (exact) mass is 313 g/mol. The summed E-state index contributed by atoms with van der Waals surface area (Å²) in [6, 6.07) is 6.10. The molecular formula is C19H23NO3. The lowest BCUT2D eigenvalue weighted by atomic mass is 9.85. The Morgan fingerprint density at radius 2 is 1.57 bits per heavy atom. The van der Waals surface area contributed by atoms with Crippen molar-refractivity contribution in [2.24, 2.45) is 11.8 Å². The minimum atomic E-state index is -0.132. The molecule has 0 radical (unpaired) electrons. The largest absolute Gasteiger partial charge is 0.494 e. The number of carbonyl (C=O) groups excluding carboxylic acids is 2. The molecule has 1 aromatic carbocycles. The van der Waals surface area contributed by atoms with Crippen LogP contribution in [0.4, 0.5) is 0 Å². The highest BCUT2D eigenvalue weighted by Crippen LogP contribution is 2.35. The van der Waals surface area contributed by atoms with Crippen LogP contribution in [0.3, 0.4) is 0 Å². The molecule has 2 amide bonds. The summed E-state index contributed by atoms with van der Waals surface area (Å²) in [6.45, 7) is 5.04. The maximum atomic E-state index is 12.3. The Morgan fingerprint density at radius 3 is 2.13 bits per heavy atom. The average Bonchev–Trinajstić information content (AvgIpc) is 2.75. The summed E-state index contributed by atoms with van der Waals surface area (Å²) in [5, 5.41) is 0. The Morgan fingerprint density at radius 1 is 1.00 bits per heavy atom. The van der Waals surface area contributed by atoms with Gasteiger partial charge in [-0.1, -0.05) is 18.2 Å². The lowest BCUT2D eigenvalue weighted by Gasteiger charge is -2.15. The van der Waals surface area contributed by atoms with Crippen molar-refractivity contribution in [1.82, 2.24) is 4.90 Å². The second kappa shape index (κ2) is 6.57. The standard InChI is InChI=1S/C19H23NO3/c1-13-10-14(2)12-15(11-13)23-9-5-8-20-18(21)16-6-3-4-7-17(16)19(20)22/h3-4,10-12,16-17H,5-9H2,1-2H3. The first-order valence-electron chi connectivity index (χ1n) is 8.27. The van der Waals surface area contributed by atoms with Gasteiger partial charge in [0, 0.05) is 6.54 Å². The Labute approximate surface area is 137 Å². The number of carbonyl (C=O) groups is 2. The van der Waals surface area contributed by atoms with Gasteiger partial charge in [0.2, 0.25) is 11.8 Å². The van der Waals surface area contributed by atoms with Gasteiger partial charge in [-0.15, -0.1) is 0 Å².